The lowest BCUT2D eigenvalue weighted by Crippen LogP contribution is -2.50. The molecule has 2 atom stereocenters. The molecule has 0 bridgehead atoms. The fourth-order valence-corrected chi connectivity index (χ4v) is 1.71. The van der Waals surface area contributed by atoms with Crippen LogP contribution < -0.4 is 5.32 Å². The van der Waals surface area contributed by atoms with Gasteiger partial charge in [0.25, 0.3) is 0 Å². The Balaban J connectivity index is 2.51. The van der Waals surface area contributed by atoms with Crippen LogP contribution in [0.3, 0.4) is 0 Å². The van der Waals surface area contributed by atoms with Gasteiger partial charge in [-0.1, -0.05) is 0 Å². The SMILES string of the molecule is COC(=O)C1CCC1C(=O)NC(C)(C)C. The summed E-state index contributed by atoms with van der Waals surface area (Å²) < 4.78 is 4.65. The number of ether oxygens (including phenoxy) is 1. The van der Waals surface area contributed by atoms with E-state index in [4.69, 9.17) is 0 Å². The Hall–Kier alpha value is -1.06. The van der Waals surface area contributed by atoms with Crippen LogP contribution in [0, 0.1) is 11.8 Å². The third-order valence-electron chi connectivity index (χ3n) is 2.61. The molecular formula is C11H19NO3. The first-order chi connectivity index (χ1) is 6.85. The normalized spacial score (nSPS) is 25.3. The van der Waals surface area contributed by atoms with Gasteiger partial charge in [0, 0.05) is 5.54 Å². The van der Waals surface area contributed by atoms with Crippen LogP contribution >= 0.6 is 0 Å². The second-order valence-corrected chi connectivity index (χ2v) is 5.05. The molecule has 4 heteroatoms. The summed E-state index contributed by atoms with van der Waals surface area (Å²) in [6.07, 6.45) is 1.54. The van der Waals surface area contributed by atoms with Crippen LogP contribution in [0.15, 0.2) is 0 Å². The van der Waals surface area contributed by atoms with Crippen molar-refractivity contribution in [3.8, 4) is 0 Å². The van der Waals surface area contributed by atoms with Gasteiger partial charge in [-0.25, -0.2) is 0 Å². The summed E-state index contributed by atoms with van der Waals surface area (Å²) >= 11 is 0. The highest BCUT2D eigenvalue weighted by Gasteiger charge is 2.42. The molecule has 0 aromatic rings. The molecule has 1 saturated carbocycles. The monoisotopic (exact) mass is 213 g/mol. The van der Waals surface area contributed by atoms with Gasteiger partial charge in [-0.05, 0) is 33.6 Å². The molecule has 1 fully saturated rings. The molecule has 4 nitrogen and oxygen atoms in total. The smallest absolute Gasteiger partial charge is 0.309 e. The van der Waals surface area contributed by atoms with Gasteiger partial charge in [0.2, 0.25) is 5.91 Å². The fraction of sp³-hybridized carbons (Fsp3) is 0.818. The van der Waals surface area contributed by atoms with Gasteiger partial charge in [-0.3, -0.25) is 9.59 Å². The highest BCUT2D eigenvalue weighted by molar-refractivity contribution is 5.87. The molecule has 0 spiro atoms. The van der Waals surface area contributed by atoms with Gasteiger partial charge in [0.1, 0.15) is 0 Å². The number of esters is 1. The number of amides is 1. The molecule has 15 heavy (non-hydrogen) atoms. The topological polar surface area (TPSA) is 55.4 Å². The second kappa shape index (κ2) is 4.21. The maximum atomic E-state index is 11.8. The maximum Gasteiger partial charge on any atom is 0.309 e. The van der Waals surface area contributed by atoms with E-state index < -0.39 is 0 Å². The maximum absolute atomic E-state index is 11.8. The molecular weight excluding hydrogens is 194 g/mol. The number of carbonyl (C=O) groups excluding carboxylic acids is 2. The van der Waals surface area contributed by atoms with Crippen molar-refractivity contribution in [2.24, 2.45) is 11.8 Å². The van der Waals surface area contributed by atoms with E-state index in [0.29, 0.717) is 0 Å². The Kier molecular flexibility index (Phi) is 3.37. The number of methoxy groups -OCH3 is 1. The average molecular weight is 213 g/mol. The van der Waals surface area contributed by atoms with E-state index >= 15 is 0 Å². The van der Waals surface area contributed by atoms with E-state index in [9.17, 15) is 9.59 Å². The Morgan fingerprint density at radius 1 is 1.20 bits per heavy atom. The molecule has 0 saturated heterocycles. The third kappa shape index (κ3) is 2.94. The predicted octanol–water partition coefficient (Wildman–Crippen LogP) is 1.10. The van der Waals surface area contributed by atoms with Gasteiger partial charge in [-0.2, -0.15) is 0 Å². The summed E-state index contributed by atoms with van der Waals surface area (Å²) in [6.45, 7) is 5.78. The van der Waals surface area contributed by atoms with E-state index in [1.54, 1.807) is 0 Å². The summed E-state index contributed by atoms with van der Waals surface area (Å²) in [5, 5.41) is 2.88. The lowest BCUT2D eigenvalue weighted by Gasteiger charge is -2.35. The van der Waals surface area contributed by atoms with Crippen molar-refractivity contribution >= 4 is 11.9 Å². The van der Waals surface area contributed by atoms with Crippen molar-refractivity contribution in [2.45, 2.75) is 39.2 Å². The zero-order valence-corrected chi connectivity index (χ0v) is 9.79. The van der Waals surface area contributed by atoms with Crippen molar-refractivity contribution in [1.82, 2.24) is 5.32 Å². The summed E-state index contributed by atoms with van der Waals surface area (Å²) in [7, 11) is 1.36. The number of hydrogen-bond acceptors (Lipinski definition) is 3. The van der Waals surface area contributed by atoms with Crippen molar-refractivity contribution in [1.29, 1.82) is 0 Å². The van der Waals surface area contributed by atoms with Gasteiger partial charge in [-0.15, -0.1) is 0 Å². The summed E-state index contributed by atoms with van der Waals surface area (Å²) in [6, 6.07) is 0. The summed E-state index contributed by atoms with van der Waals surface area (Å²) in [4.78, 5) is 23.0. The molecule has 1 N–H and O–H groups in total. The predicted molar refractivity (Wildman–Crippen MR) is 56.1 cm³/mol. The Morgan fingerprint density at radius 2 is 1.73 bits per heavy atom. The summed E-state index contributed by atoms with van der Waals surface area (Å²) in [5.41, 5.74) is -0.243. The van der Waals surface area contributed by atoms with Gasteiger partial charge in [0.15, 0.2) is 0 Å². The second-order valence-electron chi connectivity index (χ2n) is 5.05. The molecule has 86 valence electrons. The van der Waals surface area contributed by atoms with Crippen LogP contribution in [0.2, 0.25) is 0 Å². The minimum Gasteiger partial charge on any atom is -0.469 e. The van der Waals surface area contributed by atoms with Crippen LogP contribution in [0.5, 0.6) is 0 Å². The zero-order valence-electron chi connectivity index (χ0n) is 9.79. The molecule has 2 unspecified atom stereocenters. The molecule has 1 aliphatic carbocycles. The standard InChI is InChI=1S/C11H19NO3/c1-11(2,3)12-9(13)7-5-6-8(7)10(14)15-4/h7-8H,5-6H2,1-4H3,(H,12,13). The van der Waals surface area contributed by atoms with Crippen molar-refractivity contribution in [3.05, 3.63) is 0 Å². The Labute approximate surface area is 90.4 Å². The van der Waals surface area contributed by atoms with Gasteiger partial charge in [0.05, 0.1) is 18.9 Å². The van der Waals surface area contributed by atoms with Crippen molar-refractivity contribution < 1.29 is 14.3 Å². The lowest BCUT2D eigenvalue weighted by molar-refractivity contribution is -0.156. The largest absolute Gasteiger partial charge is 0.469 e. The first-order valence-electron chi connectivity index (χ1n) is 5.25. The highest BCUT2D eigenvalue weighted by Crippen LogP contribution is 2.35. The molecule has 0 heterocycles. The minimum atomic E-state index is -0.268. The lowest BCUT2D eigenvalue weighted by atomic mass is 9.73. The number of rotatable bonds is 2. The van der Waals surface area contributed by atoms with Crippen molar-refractivity contribution in [2.75, 3.05) is 7.11 Å². The Bertz CT molecular complexity index is 267. The molecule has 1 amide bonds. The number of hydrogen-bond donors (Lipinski definition) is 1. The van der Waals surface area contributed by atoms with E-state index in [1.807, 2.05) is 20.8 Å². The van der Waals surface area contributed by atoms with E-state index in [2.05, 4.69) is 10.1 Å². The molecule has 0 aromatic carbocycles. The van der Waals surface area contributed by atoms with E-state index in [-0.39, 0.29) is 29.3 Å². The van der Waals surface area contributed by atoms with Crippen LogP contribution in [-0.2, 0) is 14.3 Å². The van der Waals surface area contributed by atoms with Crippen molar-refractivity contribution in [3.63, 3.8) is 0 Å². The first kappa shape index (κ1) is 12.0. The molecule has 0 aliphatic heterocycles. The van der Waals surface area contributed by atoms with Crippen LogP contribution in [0.4, 0.5) is 0 Å². The quantitative estimate of drug-likeness (QED) is 0.699. The molecule has 1 rings (SSSR count). The van der Waals surface area contributed by atoms with E-state index in [0.717, 1.165) is 12.8 Å². The summed E-state index contributed by atoms with van der Waals surface area (Å²) in [5.74, 6) is -0.742. The molecule has 0 radical (unpaired) electrons. The van der Waals surface area contributed by atoms with E-state index in [1.165, 1.54) is 7.11 Å². The zero-order chi connectivity index (χ0) is 11.6. The van der Waals surface area contributed by atoms with Gasteiger partial charge >= 0.3 is 5.97 Å². The minimum absolute atomic E-state index is 0.0378. The average Bonchev–Trinajstić information content (AvgIpc) is 1.97. The fourth-order valence-electron chi connectivity index (χ4n) is 1.71. The third-order valence-corrected chi connectivity index (χ3v) is 2.61. The first-order valence-corrected chi connectivity index (χ1v) is 5.25. The highest BCUT2D eigenvalue weighted by atomic mass is 16.5. The molecule has 0 aromatic heterocycles. The molecule has 1 aliphatic rings. The van der Waals surface area contributed by atoms with Crippen LogP contribution in [0.1, 0.15) is 33.6 Å². The van der Waals surface area contributed by atoms with Gasteiger partial charge < -0.3 is 10.1 Å². The Morgan fingerprint density at radius 3 is 2.07 bits per heavy atom. The van der Waals surface area contributed by atoms with Crippen LogP contribution in [-0.4, -0.2) is 24.5 Å². The number of carbonyl (C=O) groups is 2. The number of nitrogens with one attached hydrogen (secondary N) is 1. The van der Waals surface area contributed by atoms with Crippen LogP contribution in [0.25, 0.3) is 0 Å².